The summed E-state index contributed by atoms with van der Waals surface area (Å²) in [6, 6.07) is 17.2. The summed E-state index contributed by atoms with van der Waals surface area (Å²) >= 11 is 0. The lowest BCUT2D eigenvalue weighted by molar-refractivity contribution is -0.133. The highest BCUT2D eigenvalue weighted by Crippen LogP contribution is 2.20. The molecule has 0 saturated carbocycles. The van der Waals surface area contributed by atoms with Crippen molar-refractivity contribution in [3.63, 3.8) is 0 Å². The van der Waals surface area contributed by atoms with Gasteiger partial charge in [-0.3, -0.25) is 5.32 Å². The second kappa shape index (κ2) is 7.66. The van der Waals surface area contributed by atoms with Crippen molar-refractivity contribution in [3.05, 3.63) is 65.9 Å². The van der Waals surface area contributed by atoms with Crippen LogP contribution < -0.4 is 5.32 Å². The second-order valence-electron chi connectivity index (χ2n) is 6.48. The molecular formula is C20H21NO4. The third-order valence-electron chi connectivity index (χ3n) is 3.19. The van der Waals surface area contributed by atoms with E-state index in [1.807, 2.05) is 42.5 Å². The summed E-state index contributed by atoms with van der Waals surface area (Å²) in [4.78, 5) is 23.1. The number of hydrogen-bond donors (Lipinski definition) is 2. The number of carbonyl (C=O) groups excluding carboxylic acids is 1. The first-order valence-electron chi connectivity index (χ1n) is 7.85. The van der Waals surface area contributed by atoms with Gasteiger partial charge in [-0.15, -0.1) is 0 Å². The molecule has 2 rings (SSSR count). The SMILES string of the molecule is CC(C)(C)OC(=O)NC(=Cc1ccc(-c2ccccc2)cc1)C(=O)O. The highest BCUT2D eigenvalue weighted by atomic mass is 16.6. The number of benzene rings is 2. The van der Waals surface area contributed by atoms with Crippen LogP contribution in [0.25, 0.3) is 17.2 Å². The van der Waals surface area contributed by atoms with E-state index in [1.54, 1.807) is 32.9 Å². The number of carboxylic acid groups (broad SMARTS) is 1. The molecule has 5 heteroatoms. The van der Waals surface area contributed by atoms with Crippen LogP contribution in [0.4, 0.5) is 4.79 Å². The minimum absolute atomic E-state index is 0.248. The Balaban J connectivity index is 2.17. The van der Waals surface area contributed by atoms with Gasteiger partial charge in [0.25, 0.3) is 0 Å². The molecule has 0 unspecified atom stereocenters. The Morgan fingerprint density at radius 3 is 2.04 bits per heavy atom. The van der Waals surface area contributed by atoms with Gasteiger partial charge in [-0.2, -0.15) is 0 Å². The number of nitrogens with one attached hydrogen (secondary N) is 1. The summed E-state index contributed by atoms with van der Waals surface area (Å²) in [6.45, 7) is 5.12. The first-order valence-corrected chi connectivity index (χ1v) is 7.85. The molecule has 5 nitrogen and oxygen atoms in total. The van der Waals surface area contributed by atoms with Gasteiger partial charge in [0, 0.05) is 0 Å². The van der Waals surface area contributed by atoms with Crippen molar-refractivity contribution in [1.29, 1.82) is 0 Å². The lowest BCUT2D eigenvalue weighted by Gasteiger charge is -2.19. The highest BCUT2D eigenvalue weighted by molar-refractivity contribution is 5.95. The van der Waals surface area contributed by atoms with Crippen molar-refractivity contribution in [3.8, 4) is 11.1 Å². The molecule has 2 N–H and O–H groups in total. The maximum atomic E-state index is 11.8. The average molecular weight is 339 g/mol. The van der Waals surface area contributed by atoms with Gasteiger partial charge in [0.2, 0.25) is 0 Å². The maximum Gasteiger partial charge on any atom is 0.412 e. The van der Waals surface area contributed by atoms with Gasteiger partial charge >= 0.3 is 12.1 Å². The van der Waals surface area contributed by atoms with Crippen molar-refractivity contribution < 1.29 is 19.4 Å². The van der Waals surface area contributed by atoms with E-state index >= 15 is 0 Å². The van der Waals surface area contributed by atoms with E-state index in [0.29, 0.717) is 5.56 Å². The number of ether oxygens (including phenoxy) is 1. The Morgan fingerprint density at radius 2 is 1.52 bits per heavy atom. The van der Waals surface area contributed by atoms with Crippen LogP contribution in [0.3, 0.4) is 0 Å². The van der Waals surface area contributed by atoms with Crippen LogP contribution >= 0.6 is 0 Å². The molecule has 0 bridgehead atoms. The van der Waals surface area contributed by atoms with Crippen LogP contribution in [0.2, 0.25) is 0 Å². The minimum Gasteiger partial charge on any atom is -0.477 e. The number of amides is 1. The first kappa shape index (κ1) is 18.3. The zero-order valence-corrected chi connectivity index (χ0v) is 14.4. The zero-order chi connectivity index (χ0) is 18.4. The van der Waals surface area contributed by atoms with Gasteiger partial charge in [-0.05, 0) is 43.5 Å². The fourth-order valence-electron chi connectivity index (χ4n) is 2.13. The third kappa shape index (κ3) is 5.80. The van der Waals surface area contributed by atoms with Crippen LogP contribution in [-0.4, -0.2) is 22.8 Å². The Morgan fingerprint density at radius 1 is 0.960 bits per heavy atom. The summed E-state index contributed by atoms with van der Waals surface area (Å²) in [5.74, 6) is -1.24. The molecule has 0 aliphatic rings. The Labute approximate surface area is 146 Å². The van der Waals surface area contributed by atoms with Gasteiger partial charge in [0.05, 0.1) is 0 Å². The first-order chi connectivity index (χ1) is 11.7. The lowest BCUT2D eigenvalue weighted by Crippen LogP contribution is -2.34. The monoisotopic (exact) mass is 339 g/mol. The molecule has 25 heavy (non-hydrogen) atoms. The molecule has 0 radical (unpaired) electrons. The topological polar surface area (TPSA) is 75.6 Å². The van der Waals surface area contributed by atoms with E-state index < -0.39 is 17.7 Å². The number of carbonyl (C=O) groups is 2. The largest absolute Gasteiger partial charge is 0.477 e. The van der Waals surface area contributed by atoms with E-state index in [1.165, 1.54) is 6.08 Å². The number of aliphatic carboxylic acids is 1. The Kier molecular flexibility index (Phi) is 5.60. The third-order valence-corrected chi connectivity index (χ3v) is 3.19. The van der Waals surface area contributed by atoms with Gasteiger partial charge in [-0.1, -0.05) is 54.6 Å². The molecule has 130 valence electrons. The van der Waals surface area contributed by atoms with E-state index in [-0.39, 0.29) is 5.70 Å². The summed E-state index contributed by atoms with van der Waals surface area (Å²) in [7, 11) is 0. The molecule has 0 aromatic heterocycles. The molecule has 0 aliphatic heterocycles. The highest BCUT2D eigenvalue weighted by Gasteiger charge is 2.19. The van der Waals surface area contributed by atoms with Crippen LogP contribution in [0.5, 0.6) is 0 Å². The molecule has 2 aromatic rings. The van der Waals surface area contributed by atoms with Gasteiger partial charge in [-0.25, -0.2) is 9.59 Å². The molecule has 1 amide bonds. The van der Waals surface area contributed by atoms with Crippen molar-refractivity contribution >= 4 is 18.1 Å². The average Bonchev–Trinajstić information content (AvgIpc) is 2.54. The van der Waals surface area contributed by atoms with Gasteiger partial charge in [0.1, 0.15) is 11.3 Å². The summed E-state index contributed by atoms with van der Waals surface area (Å²) in [6.07, 6.45) is 0.586. The lowest BCUT2D eigenvalue weighted by atomic mass is 10.0. The molecule has 0 saturated heterocycles. The smallest absolute Gasteiger partial charge is 0.412 e. The number of alkyl carbamates (subject to hydrolysis) is 1. The predicted octanol–water partition coefficient (Wildman–Crippen LogP) is 4.30. The molecule has 0 fully saturated rings. The Hall–Kier alpha value is -3.08. The van der Waals surface area contributed by atoms with Crippen LogP contribution in [-0.2, 0) is 9.53 Å². The normalized spacial score (nSPS) is 11.7. The summed E-state index contributed by atoms with van der Waals surface area (Å²) in [5, 5.41) is 11.5. The molecule has 0 aliphatic carbocycles. The van der Waals surface area contributed by atoms with Gasteiger partial charge in [0.15, 0.2) is 0 Å². The molecule has 2 aromatic carbocycles. The van der Waals surface area contributed by atoms with E-state index in [4.69, 9.17) is 4.74 Å². The standard InChI is InChI=1S/C20H21NO4/c1-20(2,3)25-19(24)21-17(18(22)23)13-14-9-11-16(12-10-14)15-7-5-4-6-8-15/h4-13H,1-3H3,(H,21,24)(H,22,23). The zero-order valence-electron chi connectivity index (χ0n) is 14.4. The number of hydrogen-bond acceptors (Lipinski definition) is 3. The Bertz CT molecular complexity index is 772. The number of rotatable bonds is 4. The minimum atomic E-state index is -1.24. The molecule has 0 spiro atoms. The van der Waals surface area contributed by atoms with Crippen molar-refractivity contribution in [2.45, 2.75) is 26.4 Å². The van der Waals surface area contributed by atoms with Crippen molar-refractivity contribution in [1.82, 2.24) is 5.32 Å². The van der Waals surface area contributed by atoms with E-state index in [9.17, 15) is 14.7 Å². The van der Waals surface area contributed by atoms with Crippen molar-refractivity contribution in [2.75, 3.05) is 0 Å². The predicted molar refractivity (Wildman–Crippen MR) is 96.9 cm³/mol. The quantitative estimate of drug-likeness (QED) is 0.814. The fourth-order valence-corrected chi connectivity index (χ4v) is 2.13. The summed E-state index contributed by atoms with van der Waals surface area (Å²) in [5.41, 5.74) is 1.80. The molecular weight excluding hydrogens is 318 g/mol. The van der Waals surface area contributed by atoms with Gasteiger partial charge < -0.3 is 9.84 Å². The number of carboxylic acids is 1. The molecule has 0 heterocycles. The van der Waals surface area contributed by atoms with E-state index in [2.05, 4.69) is 5.32 Å². The molecule has 0 atom stereocenters. The van der Waals surface area contributed by atoms with Crippen molar-refractivity contribution in [2.24, 2.45) is 0 Å². The van der Waals surface area contributed by atoms with Crippen LogP contribution in [0.1, 0.15) is 26.3 Å². The summed E-state index contributed by atoms with van der Waals surface area (Å²) < 4.78 is 5.08. The maximum absolute atomic E-state index is 11.8. The van der Waals surface area contributed by atoms with Crippen LogP contribution in [0, 0.1) is 0 Å². The second-order valence-corrected chi connectivity index (χ2v) is 6.48. The van der Waals surface area contributed by atoms with E-state index in [0.717, 1.165) is 11.1 Å². The fraction of sp³-hybridized carbons (Fsp3) is 0.200. The van der Waals surface area contributed by atoms with Crippen LogP contribution in [0.15, 0.2) is 60.3 Å².